The Morgan fingerprint density at radius 3 is 2.50 bits per heavy atom. The van der Waals surface area contributed by atoms with E-state index in [0.29, 0.717) is 22.5 Å². The number of carbonyl (C=O) groups is 1. The minimum absolute atomic E-state index is 0.218. The van der Waals surface area contributed by atoms with Crippen molar-refractivity contribution in [2.24, 2.45) is 0 Å². The van der Waals surface area contributed by atoms with Crippen molar-refractivity contribution in [2.75, 3.05) is 11.1 Å². The van der Waals surface area contributed by atoms with Crippen LogP contribution in [0.15, 0.2) is 30.3 Å². The van der Waals surface area contributed by atoms with Crippen LogP contribution < -0.4 is 11.1 Å². The highest BCUT2D eigenvalue weighted by Crippen LogP contribution is 2.26. The Kier molecular flexibility index (Phi) is 3.66. The minimum atomic E-state index is -0.251. The van der Waals surface area contributed by atoms with Crippen LogP contribution in [0.2, 0.25) is 0 Å². The predicted octanol–water partition coefficient (Wildman–Crippen LogP) is 3.15. The van der Waals surface area contributed by atoms with Gasteiger partial charge in [0.1, 0.15) is 5.75 Å². The number of nitrogen functional groups attached to an aromatic ring is 1. The van der Waals surface area contributed by atoms with Gasteiger partial charge in [-0.05, 0) is 56.2 Å². The number of hydrogen-bond acceptors (Lipinski definition) is 3. The highest BCUT2D eigenvalue weighted by Gasteiger charge is 2.12. The van der Waals surface area contributed by atoms with Gasteiger partial charge in [-0.2, -0.15) is 0 Å². The summed E-state index contributed by atoms with van der Waals surface area (Å²) in [5.74, 6) is -0.0324. The number of phenols is 1. The van der Waals surface area contributed by atoms with Crippen molar-refractivity contribution in [3.05, 3.63) is 52.6 Å². The molecule has 0 saturated carbocycles. The molecule has 2 rings (SSSR count). The molecule has 0 unspecified atom stereocenters. The van der Waals surface area contributed by atoms with E-state index in [1.165, 1.54) is 0 Å². The number of nitrogens with one attached hydrogen (secondary N) is 1. The molecule has 4 heteroatoms. The van der Waals surface area contributed by atoms with E-state index in [2.05, 4.69) is 5.32 Å². The molecule has 4 nitrogen and oxygen atoms in total. The van der Waals surface area contributed by atoms with Crippen molar-refractivity contribution in [3.63, 3.8) is 0 Å². The molecule has 0 spiro atoms. The lowest BCUT2D eigenvalue weighted by Gasteiger charge is -2.12. The normalized spacial score (nSPS) is 10.3. The fourth-order valence-corrected chi connectivity index (χ4v) is 1.99. The lowest BCUT2D eigenvalue weighted by molar-refractivity contribution is 0.102. The van der Waals surface area contributed by atoms with Crippen LogP contribution in [0, 0.1) is 20.8 Å². The quantitative estimate of drug-likeness (QED) is 0.579. The summed E-state index contributed by atoms with van der Waals surface area (Å²) in [5, 5.41) is 12.5. The average molecular weight is 270 g/mol. The summed E-state index contributed by atoms with van der Waals surface area (Å²) in [5.41, 5.74) is 9.89. The third kappa shape index (κ3) is 2.74. The number of aryl methyl sites for hydroxylation is 3. The molecule has 20 heavy (non-hydrogen) atoms. The summed E-state index contributed by atoms with van der Waals surface area (Å²) in [6.07, 6.45) is 0. The third-order valence-corrected chi connectivity index (χ3v) is 3.24. The minimum Gasteiger partial charge on any atom is -0.508 e. The molecular weight excluding hydrogens is 252 g/mol. The van der Waals surface area contributed by atoms with Gasteiger partial charge in [0.25, 0.3) is 5.91 Å². The monoisotopic (exact) mass is 270 g/mol. The Hall–Kier alpha value is -2.49. The van der Waals surface area contributed by atoms with E-state index >= 15 is 0 Å². The number of rotatable bonds is 2. The maximum Gasteiger partial charge on any atom is 0.257 e. The number of amides is 1. The zero-order valence-electron chi connectivity index (χ0n) is 11.8. The van der Waals surface area contributed by atoms with Gasteiger partial charge in [0, 0.05) is 11.4 Å². The van der Waals surface area contributed by atoms with Crippen molar-refractivity contribution in [2.45, 2.75) is 20.8 Å². The van der Waals surface area contributed by atoms with Crippen LogP contribution in [0.5, 0.6) is 5.75 Å². The number of aromatic hydroxyl groups is 1. The number of benzene rings is 2. The maximum atomic E-state index is 12.3. The second kappa shape index (κ2) is 5.25. The molecule has 4 N–H and O–H groups in total. The van der Waals surface area contributed by atoms with Crippen LogP contribution in [0.25, 0.3) is 0 Å². The number of anilines is 2. The Morgan fingerprint density at radius 1 is 1.10 bits per heavy atom. The number of hydrogen-bond donors (Lipinski definition) is 3. The Bertz CT molecular complexity index is 678. The molecule has 0 heterocycles. The SMILES string of the molecule is Cc1ccc(N)c(C(=O)Nc2cc(C)c(O)cc2C)c1. The lowest BCUT2D eigenvalue weighted by Crippen LogP contribution is -2.15. The van der Waals surface area contributed by atoms with Crippen molar-refractivity contribution >= 4 is 17.3 Å². The van der Waals surface area contributed by atoms with Crippen molar-refractivity contribution in [1.82, 2.24) is 0 Å². The highest BCUT2D eigenvalue weighted by atomic mass is 16.3. The first-order valence-corrected chi connectivity index (χ1v) is 6.36. The van der Waals surface area contributed by atoms with E-state index in [-0.39, 0.29) is 11.7 Å². The second-order valence-electron chi connectivity index (χ2n) is 5.00. The standard InChI is InChI=1S/C16H18N2O2/c1-9-4-5-13(17)12(6-9)16(20)18-14-7-11(3)15(19)8-10(14)2/h4-8,19H,17H2,1-3H3,(H,18,20). The molecule has 0 atom stereocenters. The first-order chi connectivity index (χ1) is 9.38. The largest absolute Gasteiger partial charge is 0.508 e. The zero-order chi connectivity index (χ0) is 14.9. The molecule has 2 aromatic rings. The van der Waals surface area contributed by atoms with E-state index in [4.69, 9.17) is 5.73 Å². The number of phenolic OH excluding ortho intramolecular Hbond substituents is 1. The predicted molar refractivity (Wildman–Crippen MR) is 81.1 cm³/mol. The molecular formula is C16H18N2O2. The molecule has 0 fully saturated rings. The van der Waals surface area contributed by atoms with Gasteiger partial charge in [-0.15, -0.1) is 0 Å². The number of nitrogens with two attached hydrogens (primary N) is 1. The molecule has 0 radical (unpaired) electrons. The summed E-state index contributed by atoms with van der Waals surface area (Å²) < 4.78 is 0. The van der Waals surface area contributed by atoms with Crippen LogP contribution in [-0.2, 0) is 0 Å². The van der Waals surface area contributed by atoms with Gasteiger partial charge in [0.15, 0.2) is 0 Å². The first kappa shape index (κ1) is 13.9. The smallest absolute Gasteiger partial charge is 0.257 e. The van der Waals surface area contributed by atoms with Crippen LogP contribution in [0.3, 0.4) is 0 Å². The lowest BCUT2D eigenvalue weighted by atomic mass is 10.1. The zero-order valence-corrected chi connectivity index (χ0v) is 11.8. The van der Waals surface area contributed by atoms with Gasteiger partial charge in [-0.25, -0.2) is 0 Å². The summed E-state index contributed by atoms with van der Waals surface area (Å²) >= 11 is 0. The van der Waals surface area contributed by atoms with Crippen LogP contribution in [0.4, 0.5) is 11.4 Å². The average Bonchev–Trinajstić information content (AvgIpc) is 2.38. The fraction of sp³-hybridized carbons (Fsp3) is 0.188. The molecule has 0 aliphatic rings. The van der Waals surface area contributed by atoms with Gasteiger partial charge in [0.05, 0.1) is 5.56 Å². The summed E-state index contributed by atoms with van der Waals surface area (Å²) in [7, 11) is 0. The molecule has 0 aliphatic carbocycles. The Morgan fingerprint density at radius 2 is 1.80 bits per heavy atom. The molecule has 0 aromatic heterocycles. The van der Waals surface area contributed by atoms with E-state index in [0.717, 1.165) is 11.1 Å². The van der Waals surface area contributed by atoms with E-state index in [1.54, 1.807) is 31.2 Å². The molecule has 104 valence electrons. The first-order valence-electron chi connectivity index (χ1n) is 6.36. The maximum absolute atomic E-state index is 12.3. The van der Waals surface area contributed by atoms with Crippen LogP contribution >= 0.6 is 0 Å². The fourth-order valence-electron chi connectivity index (χ4n) is 1.99. The van der Waals surface area contributed by atoms with Gasteiger partial charge in [-0.3, -0.25) is 4.79 Å². The van der Waals surface area contributed by atoms with E-state index in [1.807, 2.05) is 19.9 Å². The van der Waals surface area contributed by atoms with E-state index < -0.39 is 0 Å². The van der Waals surface area contributed by atoms with Gasteiger partial charge in [-0.1, -0.05) is 11.6 Å². The molecule has 0 aliphatic heterocycles. The van der Waals surface area contributed by atoms with Gasteiger partial charge in [0.2, 0.25) is 0 Å². The Labute approximate surface area is 118 Å². The van der Waals surface area contributed by atoms with Gasteiger partial charge >= 0.3 is 0 Å². The molecule has 0 bridgehead atoms. The topological polar surface area (TPSA) is 75.4 Å². The summed E-state index contributed by atoms with van der Waals surface area (Å²) in [6.45, 7) is 5.52. The molecule has 1 amide bonds. The van der Waals surface area contributed by atoms with Crippen LogP contribution in [-0.4, -0.2) is 11.0 Å². The second-order valence-corrected chi connectivity index (χ2v) is 5.00. The Balaban J connectivity index is 2.32. The highest BCUT2D eigenvalue weighted by molar-refractivity contribution is 6.08. The van der Waals surface area contributed by atoms with Crippen LogP contribution in [0.1, 0.15) is 27.0 Å². The number of carbonyl (C=O) groups excluding carboxylic acids is 1. The third-order valence-electron chi connectivity index (χ3n) is 3.24. The van der Waals surface area contributed by atoms with Crippen molar-refractivity contribution < 1.29 is 9.90 Å². The van der Waals surface area contributed by atoms with Crippen molar-refractivity contribution in [1.29, 1.82) is 0 Å². The summed E-state index contributed by atoms with van der Waals surface area (Å²) in [6, 6.07) is 8.72. The summed E-state index contributed by atoms with van der Waals surface area (Å²) in [4.78, 5) is 12.3. The van der Waals surface area contributed by atoms with Gasteiger partial charge < -0.3 is 16.2 Å². The molecule has 2 aromatic carbocycles. The van der Waals surface area contributed by atoms with Crippen molar-refractivity contribution in [3.8, 4) is 5.75 Å². The van der Waals surface area contributed by atoms with E-state index in [9.17, 15) is 9.90 Å². The molecule has 0 saturated heterocycles.